The molecule has 0 heterocycles. The molecule has 0 bridgehead atoms. The van der Waals surface area contributed by atoms with E-state index in [2.05, 4.69) is 6.58 Å². The molecule has 0 unspecified atom stereocenters. The van der Waals surface area contributed by atoms with E-state index in [0.717, 1.165) is 29.2 Å². The van der Waals surface area contributed by atoms with Crippen molar-refractivity contribution < 1.29 is 33.6 Å². The van der Waals surface area contributed by atoms with Crippen LogP contribution in [0.2, 0.25) is 0 Å². The van der Waals surface area contributed by atoms with Gasteiger partial charge in [-0.3, -0.25) is 0 Å². The molecule has 0 saturated heterocycles. The van der Waals surface area contributed by atoms with E-state index in [1.54, 1.807) is 97.1 Å². The van der Waals surface area contributed by atoms with Crippen molar-refractivity contribution in [1.82, 2.24) is 0 Å². The number of ether oxygens (including phenoxy) is 3. The maximum atomic E-state index is 12.7. The van der Waals surface area contributed by atoms with Gasteiger partial charge in [-0.2, -0.15) is 4.89 Å². The minimum atomic E-state index is -0.478. The molecule has 0 amide bonds. The van der Waals surface area contributed by atoms with Gasteiger partial charge in [0.1, 0.15) is 23.5 Å². The van der Waals surface area contributed by atoms with Crippen LogP contribution in [0.25, 0.3) is 16.8 Å². The maximum Gasteiger partial charge on any atom is 0.343 e. The van der Waals surface area contributed by atoms with E-state index >= 15 is 0 Å². The van der Waals surface area contributed by atoms with Gasteiger partial charge < -0.3 is 19.1 Å². The molecule has 4 aromatic rings. The Balaban J connectivity index is 1.28. The minimum absolute atomic E-state index is 0.403. The number of esters is 2. The van der Waals surface area contributed by atoms with Crippen molar-refractivity contribution in [3.8, 4) is 17.2 Å². The van der Waals surface area contributed by atoms with Crippen molar-refractivity contribution in [2.45, 2.75) is 19.8 Å². The SMILES string of the molecule is C=Cc1ccc(C(=O)Oc2ccc3cc(C(=O)Oc4ccc(OCCCCOO/C=C/C)cc4)ccc3c2)cc1. The summed E-state index contributed by atoms with van der Waals surface area (Å²) in [7, 11) is 0. The topological polar surface area (TPSA) is 80.3 Å². The van der Waals surface area contributed by atoms with Crippen LogP contribution in [-0.2, 0) is 9.78 Å². The molecule has 7 heteroatoms. The highest BCUT2D eigenvalue weighted by atomic mass is 17.2. The number of hydrogen-bond donors (Lipinski definition) is 0. The van der Waals surface area contributed by atoms with Crippen LogP contribution in [0.4, 0.5) is 0 Å². The Kier molecular flexibility index (Phi) is 10.1. The van der Waals surface area contributed by atoms with Crippen LogP contribution >= 0.6 is 0 Å². The molecule has 0 aliphatic heterocycles. The summed E-state index contributed by atoms with van der Waals surface area (Å²) in [5.41, 5.74) is 1.77. The molecule has 0 fully saturated rings. The molecule has 204 valence electrons. The van der Waals surface area contributed by atoms with E-state index in [0.29, 0.717) is 41.6 Å². The zero-order valence-electron chi connectivity index (χ0n) is 22.2. The molecule has 0 aromatic heterocycles. The van der Waals surface area contributed by atoms with E-state index in [1.807, 2.05) is 6.92 Å². The third-order valence-electron chi connectivity index (χ3n) is 5.82. The Bertz CT molecular complexity index is 1470. The van der Waals surface area contributed by atoms with Gasteiger partial charge >= 0.3 is 11.9 Å². The van der Waals surface area contributed by atoms with Crippen LogP contribution in [0.1, 0.15) is 46.0 Å². The molecule has 0 atom stereocenters. The molecule has 40 heavy (non-hydrogen) atoms. The number of rotatable bonds is 13. The molecule has 4 rings (SSSR count). The van der Waals surface area contributed by atoms with Gasteiger partial charge in [-0.1, -0.05) is 36.9 Å². The Morgan fingerprint density at radius 2 is 1.30 bits per heavy atom. The van der Waals surface area contributed by atoms with Crippen LogP contribution in [-0.4, -0.2) is 25.2 Å². The highest BCUT2D eigenvalue weighted by molar-refractivity contribution is 5.97. The summed E-state index contributed by atoms with van der Waals surface area (Å²) in [5.74, 6) is 0.577. The van der Waals surface area contributed by atoms with Gasteiger partial charge in [0, 0.05) is 0 Å². The molecular formula is C33H30O7. The number of carbonyl (C=O) groups is 2. The lowest BCUT2D eigenvalue weighted by Crippen LogP contribution is -2.09. The van der Waals surface area contributed by atoms with E-state index in [9.17, 15) is 9.59 Å². The molecule has 7 nitrogen and oxygen atoms in total. The van der Waals surface area contributed by atoms with Gasteiger partial charge in [0.2, 0.25) is 0 Å². The second kappa shape index (κ2) is 14.3. The standard InChI is InChI=1S/C33H30O7/c1-3-19-37-38-21-6-5-20-36-29-15-17-30(18-16-29)39-33(35)28-12-11-27-23-31(14-13-26(27)22-28)40-32(34)25-9-7-24(4-2)8-10-25/h3-4,7-19,22-23H,2,5-6,20-21H2,1H3/b19-3+. The van der Waals surface area contributed by atoms with E-state index < -0.39 is 11.9 Å². The first-order valence-corrected chi connectivity index (χ1v) is 12.9. The highest BCUT2D eigenvalue weighted by Gasteiger charge is 2.12. The second-order valence-electron chi connectivity index (χ2n) is 8.74. The van der Waals surface area contributed by atoms with E-state index in [-0.39, 0.29) is 0 Å². The molecule has 4 aromatic carbocycles. The average Bonchev–Trinajstić information content (AvgIpc) is 2.99. The third kappa shape index (κ3) is 8.06. The van der Waals surface area contributed by atoms with Gasteiger partial charge in [0.05, 0.1) is 24.3 Å². The molecule has 0 N–H and O–H groups in total. The fourth-order valence-corrected chi connectivity index (χ4v) is 3.70. The van der Waals surface area contributed by atoms with Crippen molar-refractivity contribution >= 4 is 28.8 Å². The number of allylic oxidation sites excluding steroid dienone is 1. The van der Waals surface area contributed by atoms with Crippen molar-refractivity contribution in [3.05, 3.63) is 121 Å². The third-order valence-corrected chi connectivity index (χ3v) is 5.82. The maximum absolute atomic E-state index is 12.7. The zero-order chi connectivity index (χ0) is 28.2. The lowest BCUT2D eigenvalue weighted by atomic mass is 10.1. The quantitative estimate of drug-likeness (QED) is 0.0434. The highest BCUT2D eigenvalue weighted by Crippen LogP contribution is 2.24. The molecule has 0 saturated carbocycles. The van der Waals surface area contributed by atoms with Gasteiger partial charge in [-0.25, -0.2) is 9.59 Å². The fourth-order valence-electron chi connectivity index (χ4n) is 3.70. The number of benzene rings is 4. The monoisotopic (exact) mass is 538 g/mol. The van der Waals surface area contributed by atoms with Crippen LogP contribution in [0.15, 0.2) is 104 Å². The molecule has 0 aliphatic carbocycles. The zero-order valence-corrected chi connectivity index (χ0v) is 22.2. The predicted molar refractivity (Wildman–Crippen MR) is 153 cm³/mol. The minimum Gasteiger partial charge on any atom is -0.494 e. The van der Waals surface area contributed by atoms with Crippen molar-refractivity contribution in [2.24, 2.45) is 0 Å². The summed E-state index contributed by atoms with van der Waals surface area (Å²) in [5, 5.41) is 1.63. The number of carbonyl (C=O) groups excluding carboxylic acids is 2. The molecular weight excluding hydrogens is 508 g/mol. The van der Waals surface area contributed by atoms with Crippen LogP contribution in [0, 0.1) is 0 Å². The first-order chi connectivity index (χ1) is 19.6. The van der Waals surface area contributed by atoms with Gasteiger partial charge in [-0.15, -0.1) is 0 Å². The van der Waals surface area contributed by atoms with Crippen molar-refractivity contribution in [2.75, 3.05) is 13.2 Å². The summed E-state index contributed by atoms with van der Waals surface area (Å²) in [4.78, 5) is 35.0. The first-order valence-electron chi connectivity index (χ1n) is 12.9. The normalized spacial score (nSPS) is 10.8. The van der Waals surface area contributed by atoms with Crippen LogP contribution < -0.4 is 14.2 Å². The molecule has 0 radical (unpaired) electrons. The van der Waals surface area contributed by atoms with Crippen LogP contribution in [0.3, 0.4) is 0 Å². The van der Waals surface area contributed by atoms with E-state index in [1.165, 1.54) is 6.26 Å². The Morgan fingerprint density at radius 1 is 0.700 bits per heavy atom. The Labute approximate surface area is 233 Å². The average molecular weight is 539 g/mol. The second-order valence-corrected chi connectivity index (χ2v) is 8.74. The first kappa shape index (κ1) is 28.1. The molecule has 0 aliphatic rings. The number of fused-ring (bicyclic) bond motifs is 1. The van der Waals surface area contributed by atoms with Crippen molar-refractivity contribution in [1.29, 1.82) is 0 Å². The summed E-state index contributed by atoms with van der Waals surface area (Å²) < 4.78 is 16.8. The summed E-state index contributed by atoms with van der Waals surface area (Å²) in [6.45, 7) is 6.57. The van der Waals surface area contributed by atoms with E-state index in [4.69, 9.17) is 24.0 Å². The number of hydrogen-bond acceptors (Lipinski definition) is 7. The summed E-state index contributed by atoms with van der Waals surface area (Å²) >= 11 is 0. The Hall–Kier alpha value is -4.88. The summed E-state index contributed by atoms with van der Waals surface area (Å²) in [6.07, 6.45) is 6.55. The lowest BCUT2D eigenvalue weighted by Gasteiger charge is -2.09. The van der Waals surface area contributed by atoms with Crippen molar-refractivity contribution in [3.63, 3.8) is 0 Å². The fraction of sp³-hybridized carbons (Fsp3) is 0.152. The summed E-state index contributed by atoms with van der Waals surface area (Å²) in [6, 6.07) is 24.3. The number of unbranched alkanes of at least 4 members (excludes halogenated alkanes) is 1. The smallest absolute Gasteiger partial charge is 0.343 e. The van der Waals surface area contributed by atoms with Gasteiger partial charge in [0.25, 0.3) is 0 Å². The molecule has 0 spiro atoms. The van der Waals surface area contributed by atoms with Gasteiger partial charge in [-0.05, 0) is 103 Å². The van der Waals surface area contributed by atoms with Crippen LogP contribution in [0.5, 0.6) is 17.2 Å². The predicted octanol–water partition coefficient (Wildman–Crippen LogP) is 7.56. The Morgan fingerprint density at radius 3 is 2.05 bits per heavy atom. The van der Waals surface area contributed by atoms with Gasteiger partial charge in [0.15, 0.2) is 0 Å². The largest absolute Gasteiger partial charge is 0.494 e. The lowest BCUT2D eigenvalue weighted by molar-refractivity contribution is -0.249.